The van der Waals surface area contributed by atoms with Gasteiger partial charge in [-0.2, -0.15) is 0 Å². The molecule has 1 aromatic heterocycles. The summed E-state index contributed by atoms with van der Waals surface area (Å²) in [6.45, 7) is 2.78. The van der Waals surface area contributed by atoms with Gasteiger partial charge in [0, 0.05) is 43.9 Å². The van der Waals surface area contributed by atoms with E-state index >= 15 is 0 Å². The predicted molar refractivity (Wildman–Crippen MR) is 70.1 cm³/mol. The Bertz CT molecular complexity index is 540. The number of carboxylic acids is 1. The molecule has 21 heavy (non-hydrogen) atoms. The van der Waals surface area contributed by atoms with Gasteiger partial charge in [0.25, 0.3) is 0 Å². The van der Waals surface area contributed by atoms with E-state index in [9.17, 15) is 14.7 Å². The van der Waals surface area contributed by atoms with E-state index in [1.807, 2.05) is 4.90 Å². The van der Waals surface area contributed by atoms with E-state index < -0.39 is 5.97 Å². The van der Waals surface area contributed by atoms with Gasteiger partial charge in [-0.25, -0.2) is 0 Å². The van der Waals surface area contributed by atoms with Crippen LogP contribution in [0.2, 0.25) is 0 Å². The maximum absolute atomic E-state index is 12.0. The molecule has 2 aliphatic rings. The van der Waals surface area contributed by atoms with Crippen LogP contribution in [0.4, 0.5) is 5.69 Å². The molecule has 1 aliphatic heterocycles. The molecular weight excluding hydrogens is 265 g/mol. The van der Waals surface area contributed by atoms with Gasteiger partial charge in [0.2, 0.25) is 5.91 Å². The first-order chi connectivity index (χ1) is 9.65. The third-order valence-electron chi connectivity index (χ3n) is 3.84. The van der Waals surface area contributed by atoms with Gasteiger partial charge in [-0.3, -0.25) is 9.78 Å². The minimum absolute atomic E-state index is 0. The molecule has 0 unspecified atom stereocenters. The second kappa shape index (κ2) is 6.50. The molecule has 106 valence electrons. The number of aromatic nitrogens is 1. The fourth-order valence-electron chi connectivity index (χ4n) is 2.49. The Morgan fingerprint density at radius 1 is 1.14 bits per heavy atom. The molecule has 1 saturated heterocycles. The average Bonchev–Trinajstić information content (AvgIpc) is 3.31. The first kappa shape index (κ1) is 15.9. The van der Waals surface area contributed by atoms with Crippen molar-refractivity contribution in [3.63, 3.8) is 0 Å². The number of carboxylic acid groups (broad SMARTS) is 1. The molecule has 6 nitrogen and oxygen atoms in total. The van der Waals surface area contributed by atoms with E-state index in [0.29, 0.717) is 26.2 Å². The van der Waals surface area contributed by atoms with E-state index in [-0.39, 0.29) is 36.2 Å². The molecule has 0 bridgehead atoms. The number of anilines is 1. The van der Waals surface area contributed by atoms with Crippen molar-refractivity contribution in [2.24, 2.45) is 5.92 Å². The smallest absolute Gasteiger partial charge is 0.545 e. The normalized spacial score (nSPS) is 18.1. The van der Waals surface area contributed by atoms with Gasteiger partial charge < -0.3 is 19.7 Å². The van der Waals surface area contributed by atoms with E-state index in [1.54, 1.807) is 12.3 Å². The maximum Gasteiger partial charge on any atom is 1.00 e. The molecule has 0 aromatic carbocycles. The van der Waals surface area contributed by atoms with E-state index in [4.69, 9.17) is 0 Å². The number of pyridine rings is 1. The minimum Gasteiger partial charge on any atom is -0.545 e. The van der Waals surface area contributed by atoms with Crippen LogP contribution < -0.4 is 28.9 Å². The second-order valence-corrected chi connectivity index (χ2v) is 5.31. The summed E-state index contributed by atoms with van der Waals surface area (Å²) in [7, 11) is 0. The standard InChI is InChI=1S/C14H17N3O3.Li/c18-13(10-1-2-10)17-5-3-16(4-6-17)12-7-11(14(19)20)8-15-9-12;/h7-10H,1-6H2,(H,19,20);/q;+1/p-1. The predicted octanol–water partition coefficient (Wildman–Crippen LogP) is -3.49. The summed E-state index contributed by atoms with van der Waals surface area (Å²) in [6, 6.07) is 1.57. The Labute approximate surface area is 135 Å². The van der Waals surface area contributed by atoms with Crippen molar-refractivity contribution in [2.45, 2.75) is 12.8 Å². The fourth-order valence-corrected chi connectivity index (χ4v) is 2.49. The molecule has 0 N–H and O–H groups in total. The average molecular weight is 281 g/mol. The van der Waals surface area contributed by atoms with Crippen molar-refractivity contribution in [1.82, 2.24) is 9.88 Å². The van der Waals surface area contributed by atoms with Gasteiger partial charge in [-0.05, 0) is 18.9 Å². The van der Waals surface area contributed by atoms with Crippen molar-refractivity contribution in [1.29, 1.82) is 0 Å². The van der Waals surface area contributed by atoms with Crippen LogP contribution in [-0.2, 0) is 4.79 Å². The third-order valence-corrected chi connectivity index (χ3v) is 3.84. The SMILES string of the molecule is O=C([O-])c1cncc(N2CCN(C(=O)C3CC3)CC2)c1.[Li+]. The van der Waals surface area contributed by atoms with Crippen LogP contribution in [0.15, 0.2) is 18.5 Å². The summed E-state index contributed by atoms with van der Waals surface area (Å²) in [5, 5.41) is 10.8. The second-order valence-electron chi connectivity index (χ2n) is 5.31. The van der Waals surface area contributed by atoms with E-state index in [2.05, 4.69) is 9.88 Å². The topological polar surface area (TPSA) is 76.6 Å². The number of hydrogen-bond acceptors (Lipinski definition) is 5. The number of piperazine rings is 1. The Morgan fingerprint density at radius 2 is 1.81 bits per heavy atom. The van der Waals surface area contributed by atoms with Gasteiger partial charge >= 0.3 is 18.9 Å². The minimum atomic E-state index is -1.22. The van der Waals surface area contributed by atoms with Crippen LogP contribution in [0.25, 0.3) is 0 Å². The first-order valence-electron chi connectivity index (χ1n) is 6.85. The molecule has 0 radical (unpaired) electrons. The van der Waals surface area contributed by atoms with Crippen molar-refractivity contribution >= 4 is 17.6 Å². The van der Waals surface area contributed by atoms with Crippen LogP contribution in [0, 0.1) is 5.92 Å². The number of nitrogens with zero attached hydrogens (tertiary/aromatic N) is 3. The van der Waals surface area contributed by atoms with Crippen molar-refractivity contribution in [3.8, 4) is 0 Å². The van der Waals surface area contributed by atoms with Crippen LogP contribution in [0.3, 0.4) is 0 Å². The maximum atomic E-state index is 12.0. The molecule has 1 aromatic rings. The van der Waals surface area contributed by atoms with E-state index in [1.165, 1.54) is 6.20 Å². The summed E-state index contributed by atoms with van der Waals surface area (Å²) in [5.74, 6) is -0.696. The molecular formula is C14H16LiN3O3. The molecule has 1 aliphatic carbocycles. The monoisotopic (exact) mass is 281 g/mol. The summed E-state index contributed by atoms with van der Waals surface area (Å²) < 4.78 is 0. The number of aromatic carboxylic acids is 1. The number of carbonyl (C=O) groups is 2. The number of rotatable bonds is 3. The van der Waals surface area contributed by atoms with Gasteiger partial charge in [0.1, 0.15) is 0 Å². The molecule has 7 heteroatoms. The van der Waals surface area contributed by atoms with Crippen LogP contribution in [-0.4, -0.2) is 47.9 Å². The van der Waals surface area contributed by atoms with Gasteiger partial charge in [-0.15, -0.1) is 0 Å². The molecule has 1 amide bonds. The Morgan fingerprint density at radius 3 is 2.38 bits per heavy atom. The van der Waals surface area contributed by atoms with Crippen LogP contribution in [0.1, 0.15) is 23.2 Å². The van der Waals surface area contributed by atoms with Crippen molar-refractivity contribution in [2.75, 3.05) is 31.1 Å². The zero-order valence-corrected chi connectivity index (χ0v) is 12.1. The molecule has 2 fully saturated rings. The summed E-state index contributed by atoms with van der Waals surface area (Å²) in [5.41, 5.74) is 0.851. The first-order valence-corrected chi connectivity index (χ1v) is 6.85. The fraction of sp³-hybridized carbons (Fsp3) is 0.500. The molecule has 3 rings (SSSR count). The van der Waals surface area contributed by atoms with Gasteiger partial charge in [0.15, 0.2) is 0 Å². The Kier molecular flexibility index (Phi) is 4.91. The summed E-state index contributed by atoms with van der Waals surface area (Å²) >= 11 is 0. The Hall–Kier alpha value is -1.51. The number of carbonyl (C=O) groups excluding carboxylic acids is 2. The van der Waals surface area contributed by atoms with Gasteiger partial charge in [-0.1, -0.05) is 0 Å². The number of amides is 1. The molecule has 0 atom stereocenters. The number of hydrogen-bond donors (Lipinski definition) is 0. The molecule has 2 heterocycles. The van der Waals surface area contributed by atoms with Crippen LogP contribution >= 0.6 is 0 Å². The summed E-state index contributed by atoms with van der Waals surface area (Å²) in [6.07, 6.45) is 4.98. The molecule has 1 saturated carbocycles. The summed E-state index contributed by atoms with van der Waals surface area (Å²) in [4.78, 5) is 30.7. The largest absolute Gasteiger partial charge is 1.00 e. The van der Waals surface area contributed by atoms with Crippen molar-refractivity contribution < 1.29 is 33.6 Å². The molecule has 0 spiro atoms. The Balaban J connectivity index is 0.00000161. The quantitative estimate of drug-likeness (QED) is 0.538. The van der Waals surface area contributed by atoms with Crippen LogP contribution in [0.5, 0.6) is 0 Å². The third kappa shape index (κ3) is 3.58. The van der Waals surface area contributed by atoms with E-state index in [0.717, 1.165) is 18.5 Å². The zero-order chi connectivity index (χ0) is 14.1. The van der Waals surface area contributed by atoms with Crippen molar-refractivity contribution in [3.05, 3.63) is 24.0 Å². The van der Waals surface area contributed by atoms with Gasteiger partial charge in [0.05, 0.1) is 17.9 Å². The zero-order valence-electron chi connectivity index (χ0n) is 12.1.